The van der Waals surface area contributed by atoms with Crippen molar-refractivity contribution in [3.63, 3.8) is 0 Å². The van der Waals surface area contributed by atoms with Crippen molar-refractivity contribution in [1.29, 1.82) is 0 Å². The van der Waals surface area contributed by atoms with Gasteiger partial charge in [0.2, 0.25) is 0 Å². The normalized spacial score (nSPS) is 15.4. The highest BCUT2D eigenvalue weighted by molar-refractivity contribution is 7.15. The molecule has 2 aromatic rings. The number of fused-ring (bicyclic) bond motifs is 1. The molecule has 0 atom stereocenters. The molecule has 0 unspecified atom stereocenters. The molecule has 1 aliphatic rings. The van der Waals surface area contributed by atoms with E-state index in [2.05, 4.69) is 4.98 Å². The van der Waals surface area contributed by atoms with Crippen molar-refractivity contribution in [2.24, 2.45) is 0 Å². The van der Waals surface area contributed by atoms with Gasteiger partial charge in [-0.2, -0.15) is 0 Å². The Labute approximate surface area is 128 Å². The lowest BCUT2D eigenvalue weighted by molar-refractivity contribution is -0.143. The van der Waals surface area contributed by atoms with Crippen molar-refractivity contribution in [1.82, 2.24) is 19.2 Å². The van der Waals surface area contributed by atoms with E-state index in [-0.39, 0.29) is 24.3 Å². The molecular weight excluding hydrogens is 308 g/mol. The van der Waals surface area contributed by atoms with Crippen LogP contribution in [0.5, 0.6) is 0 Å². The molecule has 0 saturated carbocycles. The van der Waals surface area contributed by atoms with E-state index in [1.165, 1.54) is 21.8 Å². The van der Waals surface area contributed by atoms with E-state index < -0.39 is 17.8 Å². The molecule has 0 spiro atoms. The van der Waals surface area contributed by atoms with Crippen LogP contribution >= 0.6 is 11.3 Å². The molecule has 114 valence electrons. The average molecular weight is 320 g/mol. The van der Waals surface area contributed by atoms with Crippen LogP contribution in [-0.2, 0) is 16.1 Å². The van der Waals surface area contributed by atoms with Crippen LogP contribution in [0, 0.1) is 0 Å². The van der Waals surface area contributed by atoms with Crippen molar-refractivity contribution in [3.8, 4) is 0 Å². The zero-order chi connectivity index (χ0) is 15.9. The predicted octanol–water partition coefficient (Wildman–Crippen LogP) is 0.457. The first-order valence-electron chi connectivity index (χ1n) is 6.66. The molecule has 9 heteroatoms. The van der Waals surface area contributed by atoms with E-state index >= 15 is 0 Å². The van der Waals surface area contributed by atoms with Gasteiger partial charge in [0.15, 0.2) is 4.96 Å². The first-order valence-corrected chi connectivity index (χ1v) is 7.54. The van der Waals surface area contributed by atoms with Crippen LogP contribution in [0.1, 0.15) is 19.0 Å². The van der Waals surface area contributed by atoms with Gasteiger partial charge in [0, 0.05) is 24.2 Å². The minimum Gasteiger partial charge on any atom is -0.269 e. The van der Waals surface area contributed by atoms with Crippen LogP contribution in [0.2, 0.25) is 0 Å². The summed E-state index contributed by atoms with van der Waals surface area (Å²) in [4.78, 5) is 54.1. The lowest BCUT2D eigenvalue weighted by Gasteiger charge is -2.14. The molecule has 0 bridgehead atoms. The SMILES string of the molecule is CCCN1C(=O)C(=O)N(Cc2cc(=O)n3ccsc3n2)C1=O. The smallest absolute Gasteiger partial charge is 0.269 e. The van der Waals surface area contributed by atoms with E-state index in [4.69, 9.17) is 0 Å². The highest BCUT2D eigenvalue weighted by Crippen LogP contribution is 2.16. The van der Waals surface area contributed by atoms with Gasteiger partial charge in [-0.05, 0) is 6.42 Å². The molecule has 8 nitrogen and oxygen atoms in total. The van der Waals surface area contributed by atoms with Crippen LogP contribution in [-0.4, -0.2) is 43.6 Å². The van der Waals surface area contributed by atoms with Gasteiger partial charge < -0.3 is 0 Å². The molecule has 0 radical (unpaired) electrons. The molecule has 3 rings (SSSR count). The quantitative estimate of drug-likeness (QED) is 0.603. The number of carbonyl (C=O) groups is 3. The van der Waals surface area contributed by atoms with Gasteiger partial charge in [-0.3, -0.25) is 23.7 Å². The zero-order valence-corrected chi connectivity index (χ0v) is 12.5. The number of nitrogens with zero attached hydrogens (tertiary/aromatic N) is 4. The third-order valence-electron chi connectivity index (χ3n) is 3.26. The van der Waals surface area contributed by atoms with Gasteiger partial charge in [0.05, 0.1) is 12.2 Å². The maximum atomic E-state index is 12.1. The summed E-state index contributed by atoms with van der Waals surface area (Å²) in [6, 6.07) is 0.595. The molecule has 1 saturated heterocycles. The van der Waals surface area contributed by atoms with Gasteiger partial charge in [0.1, 0.15) is 0 Å². The molecule has 0 aromatic carbocycles. The van der Waals surface area contributed by atoms with Crippen LogP contribution in [0.15, 0.2) is 22.4 Å². The number of carbonyl (C=O) groups excluding carboxylic acids is 3. The lowest BCUT2D eigenvalue weighted by Crippen LogP contribution is -2.34. The Morgan fingerprint density at radius 2 is 1.86 bits per heavy atom. The van der Waals surface area contributed by atoms with E-state index in [1.807, 2.05) is 0 Å². The van der Waals surface area contributed by atoms with Crippen molar-refractivity contribution in [2.45, 2.75) is 19.9 Å². The molecule has 1 fully saturated rings. The van der Waals surface area contributed by atoms with Crippen molar-refractivity contribution in [2.75, 3.05) is 6.54 Å². The Kier molecular flexibility index (Phi) is 3.49. The summed E-state index contributed by atoms with van der Waals surface area (Å²) in [5.41, 5.74) is -0.0163. The summed E-state index contributed by atoms with van der Waals surface area (Å²) < 4.78 is 1.37. The fourth-order valence-corrected chi connectivity index (χ4v) is 2.98. The Bertz CT molecular complexity index is 840. The summed E-state index contributed by atoms with van der Waals surface area (Å²) in [6.07, 6.45) is 2.16. The zero-order valence-electron chi connectivity index (χ0n) is 11.7. The van der Waals surface area contributed by atoms with Crippen LogP contribution < -0.4 is 5.56 Å². The topological polar surface area (TPSA) is 92.1 Å². The molecule has 0 aliphatic carbocycles. The van der Waals surface area contributed by atoms with Crippen LogP contribution in [0.25, 0.3) is 4.96 Å². The van der Waals surface area contributed by atoms with Crippen LogP contribution in [0.3, 0.4) is 0 Å². The number of aromatic nitrogens is 2. The Hall–Kier alpha value is -2.55. The molecule has 2 aromatic heterocycles. The minimum atomic E-state index is -0.883. The van der Waals surface area contributed by atoms with Crippen LogP contribution in [0.4, 0.5) is 4.79 Å². The summed E-state index contributed by atoms with van der Waals surface area (Å²) in [5.74, 6) is -1.72. The van der Waals surface area contributed by atoms with E-state index in [9.17, 15) is 19.2 Å². The number of imide groups is 2. The monoisotopic (exact) mass is 320 g/mol. The van der Waals surface area contributed by atoms with Crippen molar-refractivity contribution in [3.05, 3.63) is 33.7 Å². The second-order valence-electron chi connectivity index (χ2n) is 4.77. The van der Waals surface area contributed by atoms with Gasteiger partial charge in [-0.1, -0.05) is 6.92 Å². The number of amides is 4. The molecule has 1 aliphatic heterocycles. The maximum Gasteiger partial charge on any atom is 0.334 e. The molecule has 4 amide bonds. The van der Waals surface area contributed by atoms with Gasteiger partial charge >= 0.3 is 17.8 Å². The third kappa shape index (κ3) is 2.19. The average Bonchev–Trinajstić information content (AvgIpc) is 3.03. The summed E-state index contributed by atoms with van der Waals surface area (Å²) >= 11 is 1.27. The van der Waals surface area contributed by atoms with Gasteiger partial charge in [-0.25, -0.2) is 14.7 Å². The number of rotatable bonds is 4. The summed E-state index contributed by atoms with van der Waals surface area (Å²) in [5, 5.41) is 1.71. The van der Waals surface area contributed by atoms with Crippen molar-refractivity contribution >= 4 is 34.1 Å². The molecule has 3 heterocycles. The Morgan fingerprint density at radius 1 is 1.14 bits per heavy atom. The second-order valence-corrected chi connectivity index (χ2v) is 5.64. The fraction of sp³-hybridized carbons (Fsp3) is 0.308. The largest absolute Gasteiger partial charge is 0.334 e. The second kappa shape index (κ2) is 5.34. The Balaban J connectivity index is 1.91. The first kappa shape index (κ1) is 14.4. The lowest BCUT2D eigenvalue weighted by atomic mass is 10.3. The number of thiazole rings is 1. The minimum absolute atomic E-state index is 0.187. The molecule has 22 heavy (non-hydrogen) atoms. The van der Waals surface area contributed by atoms with Gasteiger partial charge in [0.25, 0.3) is 5.56 Å². The highest BCUT2D eigenvalue weighted by atomic mass is 32.1. The van der Waals surface area contributed by atoms with Crippen molar-refractivity contribution < 1.29 is 14.4 Å². The maximum absolute atomic E-state index is 12.1. The number of hydrogen-bond acceptors (Lipinski definition) is 6. The van der Waals surface area contributed by atoms with E-state index in [0.717, 1.165) is 9.80 Å². The number of urea groups is 1. The third-order valence-corrected chi connectivity index (χ3v) is 4.02. The molecule has 0 N–H and O–H groups in total. The fourth-order valence-electron chi connectivity index (χ4n) is 2.24. The van der Waals surface area contributed by atoms with E-state index in [0.29, 0.717) is 11.4 Å². The summed E-state index contributed by atoms with van der Waals surface area (Å²) in [7, 11) is 0. The number of hydrogen-bond donors (Lipinski definition) is 0. The first-order chi connectivity index (χ1) is 10.5. The summed E-state index contributed by atoms with van der Waals surface area (Å²) in [6.45, 7) is 1.81. The molecular formula is C13H12N4O4S. The standard InChI is InChI=1S/C13H12N4O4S/c1-2-3-16-10(19)11(20)17(13(16)21)7-8-6-9(18)15-4-5-22-12(15)14-8/h4-6H,2-3,7H2,1H3. The predicted molar refractivity (Wildman–Crippen MR) is 77.3 cm³/mol. The van der Waals surface area contributed by atoms with E-state index in [1.54, 1.807) is 18.5 Å². The van der Waals surface area contributed by atoms with Gasteiger partial charge in [-0.15, -0.1) is 11.3 Å². The highest BCUT2D eigenvalue weighted by Gasteiger charge is 2.43. The Morgan fingerprint density at radius 3 is 2.59 bits per heavy atom.